The van der Waals surface area contributed by atoms with Crippen LogP contribution in [0.25, 0.3) is 0 Å². The van der Waals surface area contributed by atoms with Crippen LogP contribution < -0.4 is 10.6 Å². The lowest BCUT2D eigenvalue weighted by atomic mass is 10.2. The molecule has 2 N–H and O–H groups in total. The van der Waals surface area contributed by atoms with Gasteiger partial charge >= 0.3 is 6.03 Å². The van der Waals surface area contributed by atoms with E-state index in [4.69, 9.17) is 9.15 Å². The number of urea groups is 1. The standard InChI is InChI=1S/C16H25N3O3/c20-16(17-11-13-5-3-9-21-13)18-12-14(15-6-4-10-22-15)19-7-1-2-8-19/h4,6,10,13-14H,1-3,5,7-9,11-12H2,(H2,17,18,20)/t13-,14-/m1/s1. The van der Waals surface area contributed by atoms with E-state index in [1.807, 2.05) is 12.1 Å². The quantitative estimate of drug-likeness (QED) is 0.842. The van der Waals surface area contributed by atoms with Crippen molar-refractivity contribution in [1.29, 1.82) is 0 Å². The Morgan fingerprint density at radius 1 is 1.32 bits per heavy atom. The van der Waals surface area contributed by atoms with Gasteiger partial charge in [-0.25, -0.2) is 4.79 Å². The number of likely N-dealkylation sites (tertiary alicyclic amines) is 1. The highest BCUT2D eigenvalue weighted by Crippen LogP contribution is 2.24. The fraction of sp³-hybridized carbons (Fsp3) is 0.688. The van der Waals surface area contributed by atoms with E-state index in [2.05, 4.69) is 15.5 Å². The van der Waals surface area contributed by atoms with Crippen molar-refractivity contribution in [2.45, 2.75) is 37.8 Å². The first-order valence-corrected chi connectivity index (χ1v) is 8.23. The smallest absolute Gasteiger partial charge is 0.314 e. The van der Waals surface area contributed by atoms with Crippen LogP contribution in [-0.4, -0.2) is 49.8 Å². The molecule has 1 aromatic heterocycles. The fourth-order valence-electron chi connectivity index (χ4n) is 3.21. The zero-order chi connectivity index (χ0) is 15.2. The minimum absolute atomic E-state index is 0.117. The van der Waals surface area contributed by atoms with Gasteiger partial charge in [0.25, 0.3) is 0 Å². The Morgan fingerprint density at radius 2 is 2.18 bits per heavy atom. The average molecular weight is 307 g/mol. The Morgan fingerprint density at radius 3 is 2.86 bits per heavy atom. The molecule has 0 spiro atoms. The van der Waals surface area contributed by atoms with Crippen LogP contribution in [-0.2, 0) is 4.74 Å². The number of ether oxygens (including phenoxy) is 1. The number of hydrogen-bond donors (Lipinski definition) is 2. The number of nitrogens with zero attached hydrogens (tertiary/aromatic N) is 1. The summed E-state index contributed by atoms with van der Waals surface area (Å²) in [4.78, 5) is 14.3. The molecule has 0 aromatic carbocycles. The Bertz CT molecular complexity index is 451. The van der Waals surface area contributed by atoms with Crippen molar-refractivity contribution in [2.75, 3.05) is 32.8 Å². The molecule has 3 heterocycles. The van der Waals surface area contributed by atoms with Gasteiger partial charge in [0.15, 0.2) is 0 Å². The minimum Gasteiger partial charge on any atom is -0.468 e. The van der Waals surface area contributed by atoms with Crippen molar-refractivity contribution < 1.29 is 13.9 Å². The second kappa shape index (κ2) is 7.65. The van der Waals surface area contributed by atoms with Crippen molar-refractivity contribution in [3.8, 4) is 0 Å². The number of nitrogens with one attached hydrogen (secondary N) is 2. The van der Waals surface area contributed by atoms with Gasteiger partial charge in [0.2, 0.25) is 0 Å². The first-order valence-electron chi connectivity index (χ1n) is 8.23. The monoisotopic (exact) mass is 307 g/mol. The Hall–Kier alpha value is -1.53. The molecule has 1 aromatic rings. The maximum atomic E-state index is 12.0. The van der Waals surface area contributed by atoms with Crippen LogP contribution in [0.3, 0.4) is 0 Å². The van der Waals surface area contributed by atoms with E-state index in [0.29, 0.717) is 13.1 Å². The van der Waals surface area contributed by atoms with Crippen molar-refractivity contribution in [3.05, 3.63) is 24.2 Å². The van der Waals surface area contributed by atoms with E-state index >= 15 is 0 Å². The summed E-state index contributed by atoms with van der Waals surface area (Å²) in [6, 6.07) is 3.86. The van der Waals surface area contributed by atoms with Crippen LogP contribution in [0.15, 0.2) is 22.8 Å². The minimum atomic E-state index is -0.133. The summed E-state index contributed by atoms with van der Waals surface area (Å²) in [5.74, 6) is 0.918. The summed E-state index contributed by atoms with van der Waals surface area (Å²) < 4.78 is 11.1. The van der Waals surface area contributed by atoms with Crippen LogP contribution in [0.5, 0.6) is 0 Å². The molecule has 2 aliphatic rings. The molecule has 2 aliphatic heterocycles. The van der Waals surface area contributed by atoms with Crippen LogP contribution in [0.2, 0.25) is 0 Å². The molecule has 22 heavy (non-hydrogen) atoms. The highest BCUT2D eigenvalue weighted by Gasteiger charge is 2.26. The summed E-state index contributed by atoms with van der Waals surface area (Å²) in [7, 11) is 0. The van der Waals surface area contributed by atoms with Crippen molar-refractivity contribution in [1.82, 2.24) is 15.5 Å². The van der Waals surface area contributed by atoms with Gasteiger partial charge in [0.05, 0.1) is 18.4 Å². The van der Waals surface area contributed by atoms with Gasteiger partial charge in [-0.3, -0.25) is 4.90 Å². The molecule has 122 valence electrons. The molecular weight excluding hydrogens is 282 g/mol. The molecule has 0 saturated carbocycles. The largest absolute Gasteiger partial charge is 0.468 e. The van der Waals surface area contributed by atoms with Crippen molar-refractivity contribution >= 4 is 6.03 Å². The molecule has 2 fully saturated rings. The number of carbonyl (C=O) groups is 1. The van der Waals surface area contributed by atoms with Gasteiger partial charge in [-0.15, -0.1) is 0 Å². The van der Waals surface area contributed by atoms with Gasteiger partial charge < -0.3 is 19.8 Å². The van der Waals surface area contributed by atoms with Crippen LogP contribution in [0.4, 0.5) is 4.79 Å². The maximum absolute atomic E-state index is 12.0. The van der Waals surface area contributed by atoms with Gasteiger partial charge in [0, 0.05) is 19.7 Å². The molecule has 2 atom stereocenters. The zero-order valence-corrected chi connectivity index (χ0v) is 12.9. The molecule has 3 rings (SSSR count). The number of hydrogen-bond acceptors (Lipinski definition) is 4. The molecular formula is C16H25N3O3. The van der Waals surface area contributed by atoms with Crippen LogP contribution in [0.1, 0.15) is 37.5 Å². The summed E-state index contributed by atoms with van der Waals surface area (Å²) in [5.41, 5.74) is 0. The third-order valence-corrected chi connectivity index (χ3v) is 4.42. The second-order valence-electron chi connectivity index (χ2n) is 6.00. The summed E-state index contributed by atoms with van der Waals surface area (Å²) in [5, 5.41) is 5.86. The highest BCUT2D eigenvalue weighted by atomic mass is 16.5. The zero-order valence-electron chi connectivity index (χ0n) is 12.9. The van der Waals surface area contributed by atoms with E-state index in [1.165, 1.54) is 12.8 Å². The molecule has 0 aliphatic carbocycles. The van der Waals surface area contributed by atoms with E-state index in [9.17, 15) is 4.79 Å². The van der Waals surface area contributed by atoms with Gasteiger partial charge in [-0.05, 0) is 50.9 Å². The average Bonchev–Trinajstić information content (AvgIpc) is 3.27. The Labute approximate surface area is 131 Å². The lowest BCUT2D eigenvalue weighted by molar-refractivity contribution is 0.111. The topological polar surface area (TPSA) is 66.7 Å². The van der Waals surface area contributed by atoms with Gasteiger partial charge in [-0.1, -0.05) is 0 Å². The number of carbonyl (C=O) groups excluding carboxylic acids is 1. The maximum Gasteiger partial charge on any atom is 0.314 e. The number of furan rings is 1. The third kappa shape index (κ3) is 4.01. The Balaban J connectivity index is 1.47. The molecule has 6 heteroatoms. The van der Waals surface area contributed by atoms with E-state index in [-0.39, 0.29) is 18.2 Å². The van der Waals surface area contributed by atoms with Crippen LogP contribution >= 0.6 is 0 Å². The lowest BCUT2D eigenvalue weighted by Crippen LogP contribution is -2.43. The van der Waals surface area contributed by atoms with E-state index < -0.39 is 0 Å². The number of amides is 2. The molecule has 2 amide bonds. The molecule has 2 saturated heterocycles. The van der Waals surface area contributed by atoms with E-state index in [1.54, 1.807) is 6.26 Å². The molecule has 6 nitrogen and oxygen atoms in total. The molecule has 0 radical (unpaired) electrons. The van der Waals surface area contributed by atoms with Crippen molar-refractivity contribution in [3.63, 3.8) is 0 Å². The summed E-state index contributed by atoms with van der Waals surface area (Å²) in [6.07, 6.45) is 6.40. The predicted molar refractivity (Wildman–Crippen MR) is 82.6 cm³/mol. The summed E-state index contributed by atoms with van der Waals surface area (Å²) >= 11 is 0. The number of rotatable bonds is 6. The first-order chi connectivity index (χ1) is 10.8. The third-order valence-electron chi connectivity index (χ3n) is 4.42. The fourth-order valence-corrected chi connectivity index (χ4v) is 3.21. The van der Waals surface area contributed by atoms with Gasteiger partial charge in [0.1, 0.15) is 5.76 Å². The van der Waals surface area contributed by atoms with Gasteiger partial charge in [-0.2, -0.15) is 0 Å². The molecule has 0 unspecified atom stereocenters. The lowest BCUT2D eigenvalue weighted by Gasteiger charge is -2.26. The van der Waals surface area contributed by atoms with Crippen molar-refractivity contribution in [2.24, 2.45) is 0 Å². The van der Waals surface area contributed by atoms with Crippen LogP contribution in [0, 0.1) is 0 Å². The predicted octanol–water partition coefficient (Wildman–Crippen LogP) is 1.89. The van der Waals surface area contributed by atoms with E-state index in [0.717, 1.165) is 38.3 Å². The first kappa shape index (κ1) is 15.4. The highest BCUT2D eigenvalue weighted by molar-refractivity contribution is 5.73. The Kier molecular flexibility index (Phi) is 5.34. The molecule has 0 bridgehead atoms. The second-order valence-corrected chi connectivity index (χ2v) is 6.00. The summed E-state index contributed by atoms with van der Waals surface area (Å²) in [6.45, 7) is 4.07. The SMILES string of the molecule is O=C(NC[C@H]1CCCO1)NC[C@H](c1ccco1)N1CCCC1. The normalized spacial score (nSPS) is 23.5.